The first-order valence-corrected chi connectivity index (χ1v) is 18.0. The number of nitrogens with one attached hydrogen (secondary N) is 2. The molecule has 0 spiro atoms. The zero-order chi connectivity index (χ0) is 33.1. The van der Waals surface area contributed by atoms with Gasteiger partial charge in [-0.2, -0.15) is 0 Å². The molecule has 2 amide bonds. The number of hydrogen-bond donors (Lipinski definition) is 3. The second-order valence-electron chi connectivity index (χ2n) is 12.9. The fourth-order valence-electron chi connectivity index (χ4n) is 6.16. The number of benzene rings is 3. The summed E-state index contributed by atoms with van der Waals surface area (Å²) in [5.74, 6) is 1.06. The minimum atomic E-state index is -2.90. The summed E-state index contributed by atoms with van der Waals surface area (Å²) in [6, 6.07) is 22.7. The lowest BCUT2D eigenvalue weighted by atomic mass is 10.0. The highest BCUT2D eigenvalue weighted by Gasteiger charge is 2.35. The van der Waals surface area contributed by atoms with Crippen LogP contribution in [-0.4, -0.2) is 77.2 Å². The number of carbonyl (C=O) groups excluding carboxylic acids is 2. The molecule has 6 rings (SSSR count). The van der Waals surface area contributed by atoms with Crippen LogP contribution < -0.4 is 11.1 Å². The van der Waals surface area contributed by atoms with Crippen LogP contribution in [0.25, 0.3) is 22.4 Å². The SMILES string of the molecule is CC(C)C(N)C(=O)N1CCCC1c1ncc(-c2ccc(-c3ccc(C(=O)Nc4ccc(CN5CCS(=O)(=O)CC5)cc4)cc3)cc2)[nH]1. The molecule has 2 aliphatic rings. The fourth-order valence-corrected chi connectivity index (χ4v) is 7.44. The predicted molar refractivity (Wildman–Crippen MR) is 184 cm³/mol. The zero-order valence-corrected chi connectivity index (χ0v) is 27.7. The number of amides is 2. The van der Waals surface area contributed by atoms with Gasteiger partial charge in [0.2, 0.25) is 5.91 Å². The summed E-state index contributed by atoms with van der Waals surface area (Å²) in [7, 11) is -2.90. The molecule has 1 aromatic heterocycles. The number of likely N-dealkylation sites (tertiary alicyclic amines) is 1. The Balaban J connectivity index is 1.04. The molecule has 3 aromatic carbocycles. The van der Waals surface area contributed by atoms with Gasteiger partial charge in [-0.05, 0) is 65.3 Å². The van der Waals surface area contributed by atoms with Crippen LogP contribution in [-0.2, 0) is 21.2 Å². The minimum absolute atomic E-state index is 0.0190. The van der Waals surface area contributed by atoms with Crippen LogP contribution in [0.3, 0.4) is 0 Å². The maximum absolute atomic E-state index is 13.0. The van der Waals surface area contributed by atoms with Crippen LogP contribution in [0.4, 0.5) is 5.69 Å². The zero-order valence-electron chi connectivity index (χ0n) is 26.9. The van der Waals surface area contributed by atoms with E-state index in [1.807, 2.05) is 97.7 Å². The molecule has 2 aliphatic heterocycles. The topological polar surface area (TPSA) is 141 Å². The molecule has 2 saturated heterocycles. The molecular weight excluding hydrogens is 613 g/mol. The van der Waals surface area contributed by atoms with Gasteiger partial charge in [-0.25, -0.2) is 13.4 Å². The Morgan fingerprint density at radius 1 is 0.915 bits per heavy atom. The molecular formula is C36H42N6O4S. The molecule has 47 heavy (non-hydrogen) atoms. The van der Waals surface area contributed by atoms with Gasteiger partial charge >= 0.3 is 0 Å². The molecule has 2 fully saturated rings. The van der Waals surface area contributed by atoms with Crippen molar-refractivity contribution in [3.8, 4) is 22.4 Å². The van der Waals surface area contributed by atoms with Crippen molar-refractivity contribution in [2.75, 3.05) is 36.5 Å². The van der Waals surface area contributed by atoms with Crippen molar-refractivity contribution in [3.63, 3.8) is 0 Å². The summed E-state index contributed by atoms with van der Waals surface area (Å²) < 4.78 is 23.3. The molecule has 10 nitrogen and oxygen atoms in total. The number of rotatable bonds is 9. The third kappa shape index (κ3) is 7.64. The Labute approximate surface area is 276 Å². The van der Waals surface area contributed by atoms with E-state index in [2.05, 4.69) is 20.2 Å². The maximum atomic E-state index is 13.0. The van der Waals surface area contributed by atoms with Crippen LogP contribution in [0.15, 0.2) is 79.0 Å². The van der Waals surface area contributed by atoms with Gasteiger partial charge < -0.3 is 20.9 Å². The molecule has 0 radical (unpaired) electrons. The highest BCUT2D eigenvalue weighted by molar-refractivity contribution is 7.91. The summed E-state index contributed by atoms with van der Waals surface area (Å²) in [6.45, 7) is 6.40. The maximum Gasteiger partial charge on any atom is 0.255 e. The normalized spacial score (nSPS) is 18.7. The van der Waals surface area contributed by atoms with Crippen molar-refractivity contribution in [1.29, 1.82) is 0 Å². The van der Waals surface area contributed by atoms with E-state index in [0.29, 0.717) is 37.4 Å². The van der Waals surface area contributed by atoms with E-state index < -0.39 is 15.9 Å². The highest BCUT2D eigenvalue weighted by Crippen LogP contribution is 2.33. The number of nitrogens with two attached hydrogens (primary N) is 1. The molecule has 3 heterocycles. The monoisotopic (exact) mass is 654 g/mol. The lowest BCUT2D eigenvalue weighted by molar-refractivity contribution is -0.134. The molecule has 246 valence electrons. The van der Waals surface area contributed by atoms with E-state index in [0.717, 1.165) is 46.6 Å². The van der Waals surface area contributed by atoms with Crippen molar-refractivity contribution in [2.45, 2.75) is 45.3 Å². The number of aromatic nitrogens is 2. The van der Waals surface area contributed by atoms with Crippen molar-refractivity contribution >= 4 is 27.3 Å². The van der Waals surface area contributed by atoms with Gasteiger partial charge in [-0.3, -0.25) is 14.5 Å². The summed E-state index contributed by atoms with van der Waals surface area (Å²) in [5.41, 5.74) is 12.4. The van der Waals surface area contributed by atoms with Crippen LogP contribution in [0.2, 0.25) is 0 Å². The van der Waals surface area contributed by atoms with Gasteiger partial charge in [0.25, 0.3) is 5.91 Å². The Bertz CT molecular complexity index is 1800. The van der Waals surface area contributed by atoms with E-state index >= 15 is 0 Å². The van der Waals surface area contributed by atoms with Crippen molar-refractivity contribution in [2.24, 2.45) is 11.7 Å². The van der Waals surface area contributed by atoms with Gasteiger partial charge in [0.05, 0.1) is 35.5 Å². The first kappa shape index (κ1) is 32.6. The van der Waals surface area contributed by atoms with E-state index in [1.54, 1.807) is 0 Å². The predicted octanol–water partition coefficient (Wildman–Crippen LogP) is 4.87. The summed E-state index contributed by atoms with van der Waals surface area (Å²) >= 11 is 0. The van der Waals surface area contributed by atoms with Crippen LogP contribution in [0.1, 0.15) is 54.5 Å². The molecule has 4 N–H and O–H groups in total. The number of nitrogens with zero attached hydrogens (tertiary/aromatic N) is 3. The van der Waals surface area contributed by atoms with Crippen LogP contribution >= 0.6 is 0 Å². The molecule has 0 aliphatic carbocycles. The van der Waals surface area contributed by atoms with E-state index in [9.17, 15) is 18.0 Å². The summed E-state index contributed by atoms with van der Waals surface area (Å²) in [5, 5.41) is 2.96. The first-order chi connectivity index (χ1) is 22.6. The number of H-pyrrole nitrogens is 1. The summed E-state index contributed by atoms with van der Waals surface area (Å²) in [6.07, 6.45) is 3.60. The third-order valence-corrected chi connectivity index (χ3v) is 10.8. The van der Waals surface area contributed by atoms with E-state index in [-0.39, 0.29) is 35.3 Å². The third-order valence-electron chi connectivity index (χ3n) is 9.18. The van der Waals surface area contributed by atoms with Crippen LogP contribution in [0, 0.1) is 5.92 Å². The number of anilines is 1. The number of hydrogen-bond acceptors (Lipinski definition) is 7. The van der Waals surface area contributed by atoms with Gasteiger partial charge in [-0.15, -0.1) is 0 Å². The standard InChI is InChI=1S/C36H42N6O4S/c1-24(2)33(37)36(44)42-17-3-4-32(42)34-38-22-31(40-34)28-11-7-26(8-12-28)27-9-13-29(14-10-27)35(43)39-30-15-5-25(6-16-30)23-41-18-20-47(45,46)21-19-41/h5-16,22,24,32-33H,3-4,17-21,23,37H2,1-2H3,(H,38,40)(H,39,43). The Kier molecular flexibility index (Phi) is 9.58. The number of aromatic amines is 1. The lowest BCUT2D eigenvalue weighted by Gasteiger charge is -2.27. The minimum Gasteiger partial charge on any atom is -0.340 e. The molecule has 0 saturated carbocycles. The lowest BCUT2D eigenvalue weighted by Crippen LogP contribution is -2.46. The smallest absolute Gasteiger partial charge is 0.255 e. The molecule has 11 heteroatoms. The largest absolute Gasteiger partial charge is 0.340 e. The van der Waals surface area contributed by atoms with Crippen molar-refractivity contribution < 1.29 is 18.0 Å². The average Bonchev–Trinajstić information content (AvgIpc) is 3.77. The van der Waals surface area contributed by atoms with Crippen LogP contribution in [0.5, 0.6) is 0 Å². The number of imidazole rings is 1. The van der Waals surface area contributed by atoms with Crippen molar-refractivity contribution in [1.82, 2.24) is 19.8 Å². The molecule has 2 unspecified atom stereocenters. The van der Waals surface area contributed by atoms with Gasteiger partial charge in [0.1, 0.15) is 5.82 Å². The van der Waals surface area contributed by atoms with E-state index in [1.165, 1.54) is 0 Å². The number of sulfone groups is 1. The average molecular weight is 655 g/mol. The second kappa shape index (κ2) is 13.8. The van der Waals surface area contributed by atoms with Gasteiger partial charge in [0.15, 0.2) is 9.84 Å². The van der Waals surface area contributed by atoms with Gasteiger partial charge in [0, 0.05) is 37.4 Å². The van der Waals surface area contributed by atoms with Crippen molar-refractivity contribution in [3.05, 3.63) is 95.9 Å². The first-order valence-electron chi connectivity index (χ1n) is 16.2. The Morgan fingerprint density at radius 2 is 1.53 bits per heavy atom. The van der Waals surface area contributed by atoms with Gasteiger partial charge in [-0.1, -0.05) is 62.4 Å². The fraction of sp³-hybridized carbons (Fsp3) is 0.361. The Morgan fingerprint density at radius 3 is 2.17 bits per heavy atom. The van der Waals surface area contributed by atoms with E-state index in [4.69, 9.17) is 5.73 Å². The number of carbonyl (C=O) groups is 2. The summed E-state index contributed by atoms with van der Waals surface area (Å²) in [4.78, 5) is 38.0. The molecule has 0 bridgehead atoms. The molecule has 2 atom stereocenters. The molecule has 4 aromatic rings. The second-order valence-corrected chi connectivity index (χ2v) is 15.2. The quantitative estimate of drug-likeness (QED) is 0.234. The highest BCUT2D eigenvalue weighted by atomic mass is 32.2. The Hall–Kier alpha value is -4.32.